The summed E-state index contributed by atoms with van der Waals surface area (Å²) < 4.78 is 11.1. The lowest BCUT2D eigenvalue weighted by atomic mass is 9.99. The highest BCUT2D eigenvalue weighted by atomic mass is 16.5. The first kappa shape index (κ1) is 14.4. The number of rotatable bonds is 5. The summed E-state index contributed by atoms with van der Waals surface area (Å²) in [7, 11) is 1.68. The second-order valence-electron chi connectivity index (χ2n) is 6.09. The molecule has 106 valence electrons. The summed E-state index contributed by atoms with van der Waals surface area (Å²) in [4.78, 5) is 0. The van der Waals surface area contributed by atoms with E-state index in [-0.39, 0.29) is 11.6 Å². The molecule has 1 aromatic carbocycles. The van der Waals surface area contributed by atoms with Crippen LogP contribution in [0.4, 0.5) is 0 Å². The van der Waals surface area contributed by atoms with Crippen molar-refractivity contribution in [2.24, 2.45) is 5.73 Å². The van der Waals surface area contributed by atoms with E-state index in [2.05, 4.69) is 26.0 Å². The average molecular weight is 263 g/mol. The predicted octanol–water partition coefficient (Wildman–Crippen LogP) is 2.91. The summed E-state index contributed by atoms with van der Waals surface area (Å²) in [6.45, 7) is 4.31. The molecule has 1 fully saturated rings. The largest absolute Gasteiger partial charge is 0.497 e. The molecule has 2 rings (SSSR count). The smallest absolute Gasteiger partial charge is 0.118 e. The maximum atomic E-state index is 6.23. The van der Waals surface area contributed by atoms with E-state index in [9.17, 15) is 0 Å². The summed E-state index contributed by atoms with van der Waals surface area (Å²) >= 11 is 0. The fraction of sp³-hybridized carbons (Fsp3) is 0.625. The Balaban J connectivity index is 1.82. The summed E-state index contributed by atoms with van der Waals surface area (Å²) in [5.41, 5.74) is 7.52. The van der Waals surface area contributed by atoms with E-state index in [1.807, 2.05) is 12.1 Å². The van der Waals surface area contributed by atoms with Gasteiger partial charge < -0.3 is 15.2 Å². The average Bonchev–Trinajstić information content (AvgIpc) is 2.69. The van der Waals surface area contributed by atoms with E-state index >= 15 is 0 Å². The minimum Gasteiger partial charge on any atom is -0.497 e. The Morgan fingerprint density at radius 3 is 2.58 bits per heavy atom. The van der Waals surface area contributed by atoms with Crippen LogP contribution in [0.15, 0.2) is 24.3 Å². The second kappa shape index (κ2) is 5.93. The molecule has 1 aromatic rings. The van der Waals surface area contributed by atoms with Gasteiger partial charge in [0.15, 0.2) is 0 Å². The Morgan fingerprint density at radius 1 is 1.37 bits per heavy atom. The molecule has 0 aliphatic carbocycles. The van der Waals surface area contributed by atoms with Gasteiger partial charge in [-0.2, -0.15) is 0 Å². The molecular weight excluding hydrogens is 238 g/mol. The molecular formula is C16H25NO2. The van der Waals surface area contributed by atoms with Gasteiger partial charge in [0.2, 0.25) is 0 Å². The van der Waals surface area contributed by atoms with Crippen LogP contribution in [-0.4, -0.2) is 24.9 Å². The van der Waals surface area contributed by atoms with E-state index < -0.39 is 0 Å². The highest BCUT2D eigenvalue weighted by molar-refractivity contribution is 5.27. The van der Waals surface area contributed by atoms with E-state index in [4.69, 9.17) is 15.2 Å². The molecule has 1 aliphatic rings. The van der Waals surface area contributed by atoms with E-state index in [0.717, 1.165) is 31.4 Å². The molecule has 0 saturated carbocycles. The summed E-state index contributed by atoms with van der Waals surface area (Å²) in [6.07, 6.45) is 4.42. The predicted molar refractivity (Wildman–Crippen MR) is 77.5 cm³/mol. The maximum absolute atomic E-state index is 6.23. The number of ether oxygens (including phenoxy) is 2. The molecule has 2 unspecified atom stereocenters. The van der Waals surface area contributed by atoms with Gasteiger partial charge in [-0.3, -0.25) is 0 Å². The Hall–Kier alpha value is -1.06. The third-order valence-corrected chi connectivity index (χ3v) is 3.78. The topological polar surface area (TPSA) is 44.5 Å². The summed E-state index contributed by atoms with van der Waals surface area (Å²) in [5, 5.41) is 0. The molecule has 1 aliphatic heterocycles. The molecule has 0 spiro atoms. The lowest BCUT2D eigenvalue weighted by Crippen LogP contribution is -2.29. The zero-order chi connectivity index (χ0) is 13.9. The van der Waals surface area contributed by atoms with E-state index in [1.54, 1.807) is 7.11 Å². The third-order valence-electron chi connectivity index (χ3n) is 3.78. The zero-order valence-electron chi connectivity index (χ0n) is 12.2. The number of hydrogen-bond acceptors (Lipinski definition) is 3. The maximum Gasteiger partial charge on any atom is 0.118 e. The third kappa shape index (κ3) is 4.22. The van der Waals surface area contributed by atoms with Crippen LogP contribution in [0, 0.1) is 0 Å². The first-order chi connectivity index (χ1) is 8.98. The van der Waals surface area contributed by atoms with Gasteiger partial charge in [0.05, 0.1) is 18.8 Å². The monoisotopic (exact) mass is 263 g/mol. The quantitative estimate of drug-likeness (QED) is 0.888. The Labute approximate surface area is 116 Å². The minimum absolute atomic E-state index is 0.0322. The van der Waals surface area contributed by atoms with Crippen molar-refractivity contribution in [3.05, 3.63) is 29.8 Å². The van der Waals surface area contributed by atoms with Crippen molar-refractivity contribution in [3.63, 3.8) is 0 Å². The minimum atomic E-state index is 0.0322. The zero-order valence-corrected chi connectivity index (χ0v) is 12.2. The number of methoxy groups -OCH3 is 1. The molecule has 19 heavy (non-hydrogen) atoms. The molecule has 1 heterocycles. The van der Waals surface area contributed by atoms with Crippen LogP contribution in [-0.2, 0) is 11.2 Å². The van der Waals surface area contributed by atoms with Gasteiger partial charge in [-0.05, 0) is 57.2 Å². The van der Waals surface area contributed by atoms with Gasteiger partial charge >= 0.3 is 0 Å². The van der Waals surface area contributed by atoms with Crippen molar-refractivity contribution in [3.8, 4) is 5.75 Å². The van der Waals surface area contributed by atoms with Crippen LogP contribution in [0.5, 0.6) is 5.75 Å². The van der Waals surface area contributed by atoms with Gasteiger partial charge in [0, 0.05) is 6.04 Å². The lowest BCUT2D eigenvalue weighted by Gasteiger charge is -2.21. The Kier molecular flexibility index (Phi) is 4.48. The van der Waals surface area contributed by atoms with Crippen molar-refractivity contribution in [2.75, 3.05) is 7.11 Å². The van der Waals surface area contributed by atoms with Crippen molar-refractivity contribution in [1.82, 2.24) is 0 Å². The molecule has 0 radical (unpaired) electrons. The molecule has 2 atom stereocenters. The standard InChI is InChI=1S/C16H25NO2/c1-16(2)9-8-15(19-16)11-13(17)10-12-4-6-14(18-3)7-5-12/h4-7,13,15H,8-11,17H2,1-3H3. The lowest BCUT2D eigenvalue weighted by molar-refractivity contribution is -0.0205. The Bertz CT molecular complexity index is 400. The molecule has 0 aromatic heterocycles. The highest BCUT2D eigenvalue weighted by Crippen LogP contribution is 2.31. The first-order valence-corrected chi connectivity index (χ1v) is 7.05. The van der Waals surface area contributed by atoms with Crippen LogP contribution in [0.2, 0.25) is 0 Å². The van der Waals surface area contributed by atoms with Crippen LogP contribution in [0.25, 0.3) is 0 Å². The molecule has 1 saturated heterocycles. The molecule has 3 nitrogen and oxygen atoms in total. The molecule has 3 heteroatoms. The fourth-order valence-electron chi connectivity index (χ4n) is 2.73. The van der Waals surface area contributed by atoms with E-state index in [1.165, 1.54) is 5.56 Å². The summed E-state index contributed by atoms with van der Waals surface area (Å²) in [6, 6.07) is 8.29. The van der Waals surface area contributed by atoms with Crippen LogP contribution in [0.1, 0.15) is 38.7 Å². The van der Waals surface area contributed by atoms with E-state index in [0.29, 0.717) is 6.10 Å². The van der Waals surface area contributed by atoms with Gasteiger partial charge in [-0.1, -0.05) is 12.1 Å². The van der Waals surface area contributed by atoms with Crippen molar-refractivity contribution in [1.29, 1.82) is 0 Å². The Morgan fingerprint density at radius 2 is 2.05 bits per heavy atom. The van der Waals surface area contributed by atoms with Crippen molar-refractivity contribution >= 4 is 0 Å². The second-order valence-corrected chi connectivity index (χ2v) is 6.09. The van der Waals surface area contributed by atoms with Crippen LogP contribution >= 0.6 is 0 Å². The number of nitrogens with two attached hydrogens (primary N) is 1. The number of benzene rings is 1. The van der Waals surface area contributed by atoms with Gasteiger partial charge in [-0.15, -0.1) is 0 Å². The molecule has 0 amide bonds. The summed E-state index contributed by atoms with van der Waals surface area (Å²) in [5.74, 6) is 0.887. The first-order valence-electron chi connectivity index (χ1n) is 7.05. The van der Waals surface area contributed by atoms with Crippen LogP contribution < -0.4 is 10.5 Å². The SMILES string of the molecule is COc1ccc(CC(N)CC2CCC(C)(C)O2)cc1. The van der Waals surface area contributed by atoms with Gasteiger partial charge in [0.25, 0.3) is 0 Å². The number of hydrogen-bond donors (Lipinski definition) is 1. The van der Waals surface area contributed by atoms with Crippen molar-refractivity contribution in [2.45, 2.75) is 57.3 Å². The van der Waals surface area contributed by atoms with Gasteiger partial charge in [-0.25, -0.2) is 0 Å². The highest BCUT2D eigenvalue weighted by Gasteiger charge is 2.32. The van der Waals surface area contributed by atoms with Gasteiger partial charge in [0.1, 0.15) is 5.75 Å². The molecule has 2 N–H and O–H groups in total. The normalized spacial score (nSPS) is 23.3. The fourth-order valence-corrected chi connectivity index (χ4v) is 2.73. The van der Waals surface area contributed by atoms with Crippen molar-refractivity contribution < 1.29 is 9.47 Å². The van der Waals surface area contributed by atoms with Crippen LogP contribution in [0.3, 0.4) is 0 Å². The molecule has 0 bridgehead atoms.